The van der Waals surface area contributed by atoms with Crippen molar-refractivity contribution in [2.45, 2.75) is 6.42 Å². The molecule has 3 heteroatoms. The fraction of sp³-hybridized carbons (Fsp3) is 0.400. The van der Waals surface area contributed by atoms with Crippen LogP contribution in [0.5, 0.6) is 0 Å². The lowest BCUT2D eigenvalue weighted by atomic mass is 10.2. The molecule has 0 bridgehead atoms. The van der Waals surface area contributed by atoms with Crippen LogP contribution in [0.4, 0.5) is 0 Å². The summed E-state index contributed by atoms with van der Waals surface area (Å²) in [6, 6.07) is 0. The largest absolute Gasteiger partial charge is 0.545 e. The van der Waals surface area contributed by atoms with Gasteiger partial charge >= 0.3 is 0 Å². The second-order valence-corrected chi connectivity index (χ2v) is 1.43. The first kappa shape index (κ1) is 7.17. The molecule has 0 fully saturated rings. The van der Waals surface area contributed by atoms with Gasteiger partial charge in [0.15, 0.2) is 0 Å². The normalized spacial score (nSPS) is 8.62. The van der Waals surface area contributed by atoms with E-state index >= 15 is 0 Å². The third-order valence-corrected chi connectivity index (χ3v) is 0.735. The number of hydrogen-bond donors (Lipinski definition) is 1. The molecule has 0 saturated carbocycles. The van der Waals surface area contributed by atoms with Gasteiger partial charge in [-0.15, -0.1) is 0 Å². The molecule has 0 aromatic heterocycles. The Morgan fingerprint density at radius 3 is 2.38 bits per heavy atom. The standard InChI is InChI=1S/C5H9NO2/c1-4(2-3-6)5(7)8/h1-3,6H2,(H,7,8)/p-1. The van der Waals surface area contributed by atoms with Gasteiger partial charge in [0.05, 0.1) is 5.97 Å². The smallest absolute Gasteiger partial charge is 0.0669 e. The highest BCUT2D eigenvalue weighted by Gasteiger charge is 1.89. The highest BCUT2D eigenvalue weighted by molar-refractivity contribution is 5.83. The minimum absolute atomic E-state index is 0.0625. The molecule has 0 heterocycles. The molecule has 46 valence electrons. The molecule has 0 amide bonds. The Morgan fingerprint density at radius 2 is 2.25 bits per heavy atom. The van der Waals surface area contributed by atoms with Crippen molar-refractivity contribution in [2.75, 3.05) is 6.54 Å². The van der Waals surface area contributed by atoms with Gasteiger partial charge in [0.1, 0.15) is 0 Å². The molecule has 0 spiro atoms. The van der Waals surface area contributed by atoms with Crippen LogP contribution in [-0.2, 0) is 4.79 Å². The summed E-state index contributed by atoms with van der Waals surface area (Å²) in [7, 11) is 0. The van der Waals surface area contributed by atoms with E-state index in [0.717, 1.165) is 0 Å². The second kappa shape index (κ2) is 3.21. The molecule has 0 aromatic rings. The van der Waals surface area contributed by atoms with Gasteiger partial charge < -0.3 is 15.6 Å². The molecule has 2 N–H and O–H groups in total. The SMILES string of the molecule is C=C(CCN)C(=O)[O-]. The lowest BCUT2D eigenvalue weighted by Crippen LogP contribution is -2.25. The summed E-state index contributed by atoms with van der Waals surface area (Å²) in [5, 5.41) is 9.82. The van der Waals surface area contributed by atoms with Crippen molar-refractivity contribution >= 4 is 5.97 Å². The van der Waals surface area contributed by atoms with E-state index in [2.05, 4.69) is 6.58 Å². The van der Waals surface area contributed by atoms with E-state index < -0.39 is 5.97 Å². The molecular weight excluding hydrogens is 106 g/mol. The Morgan fingerprint density at radius 1 is 1.75 bits per heavy atom. The summed E-state index contributed by atoms with van der Waals surface area (Å²) < 4.78 is 0. The lowest BCUT2D eigenvalue weighted by Gasteiger charge is -2.01. The molecule has 0 aliphatic heterocycles. The Kier molecular flexibility index (Phi) is 2.88. The maximum absolute atomic E-state index is 9.82. The molecular formula is C5H8NO2-. The summed E-state index contributed by atoms with van der Waals surface area (Å²) in [5.74, 6) is -1.21. The van der Waals surface area contributed by atoms with Crippen LogP contribution >= 0.6 is 0 Å². The van der Waals surface area contributed by atoms with Crippen molar-refractivity contribution in [1.82, 2.24) is 0 Å². The van der Waals surface area contributed by atoms with Crippen LogP contribution < -0.4 is 10.8 Å². The van der Waals surface area contributed by atoms with Gasteiger partial charge in [0.2, 0.25) is 0 Å². The highest BCUT2D eigenvalue weighted by Crippen LogP contribution is 1.90. The van der Waals surface area contributed by atoms with Crippen molar-refractivity contribution < 1.29 is 9.90 Å². The maximum atomic E-state index is 9.82. The minimum atomic E-state index is -1.21. The average Bonchev–Trinajstić information content (AvgIpc) is 1.67. The van der Waals surface area contributed by atoms with Gasteiger partial charge in [0, 0.05) is 0 Å². The second-order valence-electron chi connectivity index (χ2n) is 1.43. The van der Waals surface area contributed by atoms with E-state index in [1.165, 1.54) is 0 Å². The number of carbonyl (C=O) groups is 1. The number of carboxylic acid groups (broad SMARTS) is 1. The van der Waals surface area contributed by atoms with E-state index in [1.54, 1.807) is 0 Å². The van der Waals surface area contributed by atoms with Crippen LogP contribution in [0.15, 0.2) is 12.2 Å². The van der Waals surface area contributed by atoms with Crippen LogP contribution in [0.25, 0.3) is 0 Å². The van der Waals surface area contributed by atoms with E-state index in [-0.39, 0.29) is 5.57 Å². The predicted molar refractivity (Wildman–Crippen MR) is 27.8 cm³/mol. The number of nitrogens with two attached hydrogens (primary N) is 1. The zero-order valence-corrected chi connectivity index (χ0v) is 4.52. The molecule has 0 aliphatic carbocycles. The van der Waals surface area contributed by atoms with Crippen molar-refractivity contribution in [1.29, 1.82) is 0 Å². The zero-order valence-electron chi connectivity index (χ0n) is 4.52. The van der Waals surface area contributed by atoms with E-state index in [4.69, 9.17) is 5.73 Å². The first-order chi connectivity index (χ1) is 3.68. The van der Waals surface area contributed by atoms with Gasteiger partial charge in [-0.3, -0.25) is 0 Å². The molecule has 0 radical (unpaired) electrons. The average molecular weight is 114 g/mol. The van der Waals surface area contributed by atoms with Crippen molar-refractivity contribution in [3.05, 3.63) is 12.2 Å². The number of aliphatic carboxylic acids is 1. The fourth-order valence-electron chi connectivity index (χ4n) is 0.276. The monoisotopic (exact) mass is 114 g/mol. The Labute approximate surface area is 47.8 Å². The Bertz CT molecular complexity index is 109. The zero-order chi connectivity index (χ0) is 6.57. The van der Waals surface area contributed by atoms with Crippen LogP contribution in [0, 0.1) is 0 Å². The lowest BCUT2D eigenvalue weighted by molar-refractivity contribution is -0.299. The first-order valence-corrected chi connectivity index (χ1v) is 2.27. The number of rotatable bonds is 3. The maximum Gasteiger partial charge on any atom is 0.0669 e. The molecule has 8 heavy (non-hydrogen) atoms. The van der Waals surface area contributed by atoms with Crippen LogP contribution in [-0.4, -0.2) is 12.5 Å². The van der Waals surface area contributed by atoms with Crippen LogP contribution in [0.1, 0.15) is 6.42 Å². The van der Waals surface area contributed by atoms with Crippen molar-refractivity contribution in [3.63, 3.8) is 0 Å². The quantitative estimate of drug-likeness (QED) is 0.461. The molecule has 0 aliphatic rings. The van der Waals surface area contributed by atoms with Gasteiger partial charge in [-0.05, 0) is 18.5 Å². The van der Waals surface area contributed by atoms with Crippen molar-refractivity contribution in [2.24, 2.45) is 5.73 Å². The minimum Gasteiger partial charge on any atom is -0.545 e. The summed E-state index contributed by atoms with van der Waals surface area (Å²) in [5.41, 5.74) is 5.08. The number of carbonyl (C=O) groups excluding carboxylic acids is 1. The number of hydrogen-bond acceptors (Lipinski definition) is 3. The van der Waals surface area contributed by atoms with Gasteiger partial charge in [-0.1, -0.05) is 6.58 Å². The molecule has 0 unspecified atom stereocenters. The number of carboxylic acids is 1. The van der Waals surface area contributed by atoms with Crippen LogP contribution in [0.2, 0.25) is 0 Å². The highest BCUT2D eigenvalue weighted by atomic mass is 16.4. The van der Waals surface area contributed by atoms with E-state index in [0.29, 0.717) is 13.0 Å². The summed E-state index contributed by atoms with van der Waals surface area (Å²) in [6.07, 6.45) is 0.308. The summed E-state index contributed by atoms with van der Waals surface area (Å²) in [6.45, 7) is 3.51. The third-order valence-electron chi connectivity index (χ3n) is 0.735. The van der Waals surface area contributed by atoms with Gasteiger partial charge in [-0.2, -0.15) is 0 Å². The topological polar surface area (TPSA) is 66.2 Å². The third kappa shape index (κ3) is 2.36. The first-order valence-electron chi connectivity index (χ1n) is 2.27. The molecule has 0 atom stereocenters. The molecule has 0 rings (SSSR count). The molecule has 3 nitrogen and oxygen atoms in total. The summed E-state index contributed by atoms with van der Waals surface area (Å²) in [4.78, 5) is 9.82. The van der Waals surface area contributed by atoms with Crippen LogP contribution in [0.3, 0.4) is 0 Å². The van der Waals surface area contributed by atoms with E-state index in [1.807, 2.05) is 0 Å². The Balaban J connectivity index is 3.49. The molecule has 0 aromatic carbocycles. The Hall–Kier alpha value is -0.830. The van der Waals surface area contributed by atoms with Crippen molar-refractivity contribution in [3.8, 4) is 0 Å². The van der Waals surface area contributed by atoms with Gasteiger partial charge in [0.25, 0.3) is 0 Å². The molecule has 0 saturated heterocycles. The summed E-state index contributed by atoms with van der Waals surface area (Å²) >= 11 is 0. The predicted octanol–water partition coefficient (Wildman–Crippen LogP) is -1.36. The van der Waals surface area contributed by atoms with Gasteiger partial charge in [-0.25, -0.2) is 0 Å². The van der Waals surface area contributed by atoms with E-state index in [9.17, 15) is 9.90 Å². The fourth-order valence-corrected chi connectivity index (χ4v) is 0.276.